The molecule has 0 saturated carbocycles. The summed E-state index contributed by atoms with van der Waals surface area (Å²) in [6.45, 7) is 1.26. The maximum Gasteiger partial charge on any atom is 0.357 e. The SMILES string of the molecule is O=C(OCC[C@H]1CCCO1)c1cscn1. The number of nitrogens with zero attached hydrogens (tertiary/aromatic N) is 1. The van der Waals surface area contributed by atoms with Gasteiger partial charge in [-0.25, -0.2) is 9.78 Å². The average molecular weight is 227 g/mol. The standard InChI is InChI=1S/C10H13NO3S/c12-10(9-6-15-7-11-9)14-5-3-8-2-1-4-13-8/h6-8H,1-5H2/t8-/m1/s1. The van der Waals surface area contributed by atoms with Crippen molar-refractivity contribution in [3.05, 3.63) is 16.6 Å². The Labute approximate surface area is 92.2 Å². The summed E-state index contributed by atoms with van der Waals surface area (Å²) < 4.78 is 10.5. The van der Waals surface area contributed by atoms with Crippen LogP contribution in [-0.4, -0.2) is 30.3 Å². The van der Waals surface area contributed by atoms with Gasteiger partial charge in [0.2, 0.25) is 0 Å². The van der Waals surface area contributed by atoms with E-state index >= 15 is 0 Å². The predicted octanol–water partition coefficient (Wildman–Crippen LogP) is 1.87. The minimum atomic E-state index is -0.339. The van der Waals surface area contributed by atoms with Gasteiger partial charge in [0.25, 0.3) is 0 Å². The van der Waals surface area contributed by atoms with E-state index in [4.69, 9.17) is 9.47 Å². The van der Waals surface area contributed by atoms with Gasteiger partial charge in [0.05, 0.1) is 18.2 Å². The third-order valence-electron chi connectivity index (χ3n) is 2.34. The van der Waals surface area contributed by atoms with E-state index in [1.807, 2.05) is 0 Å². The second-order valence-corrected chi connectivity index (χ2v) is 4.15. The van der Waals surface area contributed by atoms with Crippen molar-refractivity contribution >= 4 is 17.3 Å². The van der Waals surface area contributed by atoms with Gasteiger partial charge in [0.1, 0.15) is 0 Å². The van der Waals surface area contributed by atoms with Crippen molar-refractivity contribution in [2.45, 2.75) is 25.4 Å². The lowest BCUT2D eigenvalue weighted by atomic mass is 10.2. The smallest absolute Gasteiger partial charge is 0.357 e. The molecule has 0 aromatic carbocycles. The van der Waals surface area contributed by atoms with E-state index in [9.17, 15) is 4.79 Å². The zero-order valence-electron chi connectivity index (χ0n) is 8.35. The summed E-state index contributed by atoms with van der Waals surface area (Å²) in [5.41, 5.74) is 2.02. The van der Waals surface area contributed by atoms with Crippen LogP contribution in [0.3, 0.4) is 0 Å². The highest BCUT2D eigenvalue weighted by atomic mass is 32.1. The fourth-order valence-electron chi connectivity index (χ4n) is 1.54. The molecule has 1 aromatic heterocycles. The van der Waals surface area contributed by atoms with Gasteiger partial charge in [-0.2, -0.15) is 0 Å². The minimum absolute atomic E-state index is 0.272. The van der Waals surface area contributed by atoms with Crippen LogP contribution in [0.4, 0.5) is 0 Å². The van der Waals surface area contributed by atoms with Crippen molar-refractivity contribution < 1.29 is 14.3 Å². The molecule has 0 radical (unpaired) electrons. The first-order valence-corrected chi connectivity index (χ1v) is 5.97. The normalized spacial score (nSPS) is 20.4. The highest BCUT2D eigenvalue weighted by molar-refractivity contribution is 7.07. The van der Waals surface area contributed by atoms with Gasteiger partial charge >= 0.3 is 5.97 Å². The van der Waals surface area contributed by atoms with Crippen molar-refractivity contribution in [3.63, 3.8) is 0 Å². The fraction of sp³-hybridized carbons (Fsp3) is 0.600. The van der Waals surface area contributed by atoms with Gasteiger partial charge in [-0.15, -0.1) is 11.3 Å². The summed E-state index contributed by atoms with van der Waals surface area (Å²) in [7, 11) is 0. The highest BCUT2D eigenvalue weighted by Gasteiger charge is 2.16. The number of hydrogen-bond donors (Lipinski definition) is 0. The Kier molecular flexibility index (Phi) is 3.69. The van der Waals surface area contributed by atoms with Crippen LogP contribution in [-0.2, 0) is 9.47 Å². The number of carbonyl (C=O) groups is 1. The molecule has 0 N–H and O–H groups in total. The van der Waals surface area contributed by atoms with E-state index in [0.29, 0.717) is 12.3 Å². The third-order valence-corrected chi connectivity index (χ3v) is 2.92. The Balaban J connectivity index is 1.67. The monoisotopic (exact) mass is 227 g/mol. The van der Waals surface area contributed by atoms with Crippen LogP contribution in [0, 0.1) is 0 Å². The Morgan fingerprint density at radius 1 is 1.73 bits per heavy atom. The summed E-state index contributed by atoms with van der Waals surface area (Å²) >= 11 is 1.39. The highest BCUT2D eigenvalue weighted by Crippen LogP contribution is 2.15. The van der Waals surface area contributed by atoms with Gasteiger partial charge in [-0.05, 0) is 12.8 Å². The molecule has 1 saturated heterocycles. The van der Waals surface area contributed by atoms with Crippen LogP contribution in [0.1, 0.15) is 29.8 Å². The molecule has 1 atom stereocenters. The molecule has 0 spiro atoms. The number of rotatable bonds is 4. The van der Waals surface area contributed by atoms with E-state index in [0.717, 1.165) is 25.9 Å². The molecule has 1 aliphatic rings. The van der Waals surface area contributed by atoms with Gasteiger partial charge in [-0.3, -0.25) is 0 Å². The largest absolute Gasteiger partial charge is 0.461 e. The van der Waals surface area contributed by atoms with E-state index in [1.165, 1.54) is 11.3 Å². The first-order chi connectivity index (χ1) is 7.36. The van der Waals surface area contributed by atoms with Crippen molar-refractivity contribution in [2.24, 2.45) is 0 Å². The van der Waals surface area contributed by atoms with Crippen LogP contribution < -0.4 is 0 Å². The van der Waals surface area contributed by atoms with E-state index in [-0.39, 0.29) is 12.1 Å². The summed E-state index contributed by atoms with van der Waals surface area (Å²) in [5.74, 6) is -0.339. The summed E-state index contributed by atoms with van der Waals surface area (Å²) in [6.07, 6.45) is 3.25. The molecule has 82 valence electrons. The number of ether oxygens (including phenoxy) is 2. The lowest BCUT2D eigenvalue weighted by Gasteiger charge is -2.08. The zero-order chi connectivity index (χ0) is 10.5. The minimum Gasteiger partial charge on any atom is -0.461 e. The van der Waals surface area contributed by atoms with Crippen molar-refractivity contribution in [2.75, 3.05) is 13.2 Å². The molecular weight excluding hydrogens is 214 g/mol. The predicted molar refractivity (Wildman–Crippen MR) is 56.0 cm³/mol. The Morgan fingerprint density at radius 2 is 2.67 bits per heavy atom. The number of carbonyl (C=O) groups excluding carboxylic acids is 1. The van der Waals surface area contributed by atoms with Gasteiger partial charge in [0, 0.05) is 18.4 Å². The molecule has 4 nitrogen and oxygen atoms in total. The molecule has 2 heterocycles. The Bertz CT molecular complexity index is 306. The Hall–Kier alpha value is -0.940. The molecule has 15 heavy (non-hydrogen) atoms. The lowest BCUT2D eigenvalue weighted by molar-refractivity contribution is 0.0381. The van der Waals surface area contributed by atoms with Crippen LogP contribution >= 0.6 is 11.3 Å². The molecule has 0 unspecified atom stereocenters. The topological polar surface area (TPSA) is 48.4 Å². The maximum atomic E-state index is 11.4. The second-order valence-electron chi connectivity index (χ2n) is 3.43. The molecule has 5 heteroatoms. The van der Waals surface area contributed by atoms with Crippen LogP contribution in [0.2, 0.25) is 0 Å². The Morgan fingerprint density at radius 3 is 3.33 bits per heavy atom. The molecule has 0 aliphatic carbocycles. The third kappa shape index (κ3) is 3.00. The molecule has 1 aliphatic heterocycles. The van der Waals surface area contributed by atoms with Crippen LogP contribution in [0.25, 0.3) is 0 Å². The van der Waals surface area contributed by atoms with Crippen molar-refractivity contribution in [1.82, 2.24) is 4.98 Å². The van der Waals surface area contributed by atoms with E-state index < -0.39 is 0 Å². The molecule has 0 bridgehead atoms. The summed E-state index contributed by atoms with van der Waals surface area (Å²) in [6, 6.07) is 0. The van der Waals surface area contributed by atoms with Gasteiger partial charge < -0.3 is 9.47 Å². The fourth-order valence-corrected chi connectivity index (χ4v) is 2.06. The second kappa shape index (κ2) is 5.23. The number of esters is 1. The quantitative estimate of drug-likeness (QED) is 0.737. The van der Waals surface area contributed by atoms with Gasteiger partial charge in [0.15, 0.2) is 5.69 Å². The van der Waals surface area contributed by atoms with E-state index in [1.54, 1.807) is 10.9 Å². The summed E-state index contributed by atoms with van der Waals surface area (Å²) in [4.78, 5) is 15.2. The number of aromatic nitrogens is 1. The lowest BCUT2D eigenvalue weighted by Crippen LogP contribution is -2.13. The molecule has 0 amide bonds. The van der Waals surface area contributed by atoms with Gasteiger partial charge in [-0.1, -0.05) is 0 Å². The van der Waals surface area contributed by atoms with E-state index in [2.05, 4.69) is 4.98 Å². The molecule has 2 rings (SSSR count). The zero-order valence-corrected chi connectivity index (χ0v) is 9.16. The number of thiazole rings is 1. The first kappa shape index (κ1) is 10.6. The summed E-state index contributed by atoms with van der Waals surface area (Å²) in [5, 5.41) is 1.69. The van der Waals surface area contributed by atoms with Crippen LogP contribution in [0.15, 0.2) is 10.9 Å². The van der Waals surface area contributed by atoms with Crippen molar-refractivity contribution in [1.29, 1.82) is 0 Å². The number of hydrogen-bond acceptors (Lipinski definition) is 5. The molecule has 1 aromatic rings. The average Bonchev–Trinajstić information content (AvgIpc) is 2.90. The first-order valence-electron chi connectivity index (χ1n) is 5.03. The molecular formula is C10H13NO3S. The maximum absolute atomic E-state index is 11.4. The van der Waals surface area contributed by atoms with Crippen LogP contribution in [0.5, 0.6) is 0 Å². The molecule has 1 fully saturated rings. The van der Waals surface area contributed by atoms with Crippen molar-refractivity contribution in [3.8, 4) is 0 Å².